The number of piperidine rings is 2. The zero-order chi connectivity index (χ0) is 56.0. The lowest BCUT2D eigenvalue weighted by Gasteiger charge is -2.32. The van der Waals surface area contributed by atoms with E-state index in [1.165, 1.54) is 19.3 Å². The molecule has 6 aromatic rings. The highest BCUT2D eigenvalue weighted by Crippen LogP contribution is 2.36. The molecule has 2 aliphatic heterocycles. The molecule has 6 heterocycles. The van der Waals surface area contributed by atoms with Gasteiger partial charge in [0.25, 0.3) is 11.8 Å². The van der Waals surface area contributed by atoms with E-state index in [1.807, 2.05) is 34.1 Å². The molecular formula is C64H91BrN10O4. The molecule has 2 aliphatic rings. The first-order chi connectivity index (χ1) is 38.1. The number of benzene rings is 2. The number of aromatic nitrogens is 6. The van der Waals surface area contributed by atoms with Crippen LogP contribution in [0.4, 0.5) is 0 Å². The van der Waals surface area contributed by atoms with Crippen LogP contribution < -0.4 is 9.47 Å². The maximum Gasteiger partial charge on any atom is 0.272 e. The number of hydrogen-bond donors (Lipinski definition) is 0. The Morgan fingerprint density at radius 3 is 1.66 bits per heavy atom. The molecule has 0 saturated carbocycles. The molecule has 2 fully saturated rings. The Hall–Kier alpha value is -5.38. The number of carbonyl (C=O) groups is 2. The Labute approximate surface area is 480 Å². The number of hydrogen-bond acceptors (Lipinski definition) is 10. The van der Waals surface area contributed by atoms with E-state index >= 15 is 0 Å². The van der Waals surface area contributed by atoms with Gasteiger partial charge >= 0.3 is 0 Å². The van der Waals surface area contributed by atoms with E-state index in [2.05, 4.69) is 121 Å². The number of halogens is 1. The SMILES string of the molecule is COc1ccc(-c2nc3cnc(C(=O)N(CCC(C)C)CCC(C)C)cc3n2CCCN2CCCC(COc3ccc(Br)cc3-c3nc4cnc(C(=O)N(CCC(C)C)CCC(C)C)cc4n3CCCN3CCCCC3)C2)cc1. The zero-order valence-corrected chi connectivity index (χ0v) is 50.8. The van der Waals surface area contributed by atoms with Crippen LogP contribution in [0, 0.1) is 29.6 Å². The molecule has 0 bridgehead atoms. The zero-order valence-electron chi connectivity index (χ0n) is 49.2. The summed E-state index contributed by atoms with van der Waals surface area (Å²) in [5.74, 6) is 5.59. The van der Waals surface area contributed by atoms with Crippen molar-refractivity contribution in [3.63, 3.8) is 0 Å². The first-order valence-corrected chi connectivity index (χ1v) is 30.8. The van der Waals surface area contributed by atoms with Gasteiger partial charge in [-0.25, -0.2) is 19.9 Å². The molecule has 1 atom stereocenters. The fraction of sp³-hybridized carbons (Fsp3) is 0.594. The summed E-state index contributed by atoms with van der Waals surface area (Å²) in [4.78, 5) is 57.7. The van der Waals surface area contributed by atoms with Crippen molar-refractivity contribution in [2.75, 3.05) is 79.2 Å². The average Bonchev–Trinajstić information content (AvgIpc) is 4.01. The molecule has 0 aliphatic carbocycles. The number of imidazole rings is 2. The largest absolute Gasteiger partial charge is 0.497 e. The summed E-state index contributed by atoms with van der Waals surface area (Å²) in [5, 5.41) is 0. The number of aryl methyl sites for hydroxylation is 2. The molecule has 428 valence electrons. The van der Waals surface area contributed by atoms with E-state index in [4.69, 9.17) is 29.4 Å². The van der Waals surface area contributed by atoms with Crippen LogP contribution in [-0.4, -0.2) is 140 Å². The van der Waals surface area contributed by atoms with Gasteiger partial charge in [0, 0.05) is 61.8 Å². The molecule has 1 unspecified atom stereocenters. The molecule has 0 radical (unpaired) electrons. The van der Waals surface area contributed by atoms with Crippen molar-refractivity contribution in [1.29, 1.82) is 0 Å². The van der Waals surface area contributed by atoms with E-state index < -0.39 is 0 Å². The van der Waals surface area contributed by atoms with Gasteiger partial charge in [-0.3, -0.25) is 9.59 Å². The number of carbonyl (C=O) groups excluding carboxylic acids is 2. The maximum absolute atomic E-state index is 14.3. The molecule has 4 aromatic heterocycles. The second-order valence-electron chi connectivity index (χ2n) is 24.2. The molecule has 14 nitrogen and oxygen atoms in total. The summed E-state index contributed by atoms with van der Waals surface area (Å²) in [6.07, 6.45) is 15.3. The van der Waals surface area contributed by atoms with Crippen molar-refractivity contribution in [1.82, 2.24) is 48.7 Å². The first-order valence-electron chi connectivity index (χ1n) is 30.0. The maximum atomic E-state index is 14.3. The lowest BCUT2D eigenvalue weighted by atomic mass is 9.99. The Bertz CT molecular complexity index is 2880. The Kier molecular flexibility index (Phi) is 21.8. The molecular weight excluding hydrogens is 1050 g/mol. The van der Waals surface area contributed by atoms with Crippen molar-refractivity contribution >= 4 is 49.8 Å². The van der Waals surface area contributed by atoms with Gasteiger partial charge in [0.15, 0.2) is 0 Å². The summed E-state index contributed by atoms with van der Waals surface area (Å²) < 4.78 is 18.0. The van der Waals surface area contributed by atoms with Crippen LogP contribution in [0.3, 0.4) is 0 Å². The molecule has 15 heteroatoms. The number of rotatable bonds is 28. The molecule has 8 rings (SSSR count). The van der Waals surface area contributed by atoms with Crippen molar-refractivity contribution in [3.05, 3.63) is 82.9 Å². The second-order valence-corrected chi connectivity index (χ2v) is 25.1. The highest BCUT2D eigenvalue weighted by atomic mass is 79.9. The van der Waals surface area contributed by atoms with E-state index in [0.29, 0.717) is 60.7 Å². The molecule has 0 N–H and O–H groups in total. The van der Waals surface area contributed by atoms with Crippen molar-refractivity contribution in [3.8, 4) is 34.3 Å². The number of ether oxygens (including phenoxy) is 2. The predicted octanol–water partition coefficient (Wildman–Crippen LogP) is 13.4. The highest BCUT2D eigenvalue weighted by molar-refractivity contribution is 9.10. The van der Waals surface area contributed by atoms with Crippen LogP contribution in [0.2, 0.25) is 0 Å². The minimum atomic E-state index is -0.0171. The number of methoxy groups -OCH3 is 1. The van der Waals surface area contributed by atoms with Gasteiger partial charge < -0.3 is 38.2 Å². The third-order valence-corrected chi connectivity index (χ3v) is 16.4. The Balaban J connectivity index is 0.995. The highest BCUT2D eigenvalue weighted by Gasteiger charge is 2.26. The van der Waals surface area contributed by atoms with Crippen LogP contribution >= 0.6 is 15.9 Å². The lowest BCUT2D eigenvalue weighted by Crippen LogP contribution is -2.38. The number of amides is 2. The van der Waals surface area contributed by atoms with Gasteiger partial charge in [-0.1, -0.05) is 77.7 Å². The standard InChI is InChI=1S/C64H91BrN10O4/c1-45(2)23-34-72(35-24-46(3)4)63(76)54-39-58-56(41-66-54)68-61(50-17-20-52(78-9)21-18-50)74(58)32-15-31-71-29-13-16-49(43-71)44-79-60-22-19-51(65)38-53(60)62-69-57-42-67-55(64(77)73(36-25-47(5)6)37-26-48(7)8)40-59(57)75(62)33-14-30-70-27-11-10-12-28-70/h17-22,38-42,45-49H,10-16,23-37,43-44H2,1-9H3. The third-order valence-electron chi connectivity index (χ3n) is 16.0. The van der Waals surface area contributed by atoms with Gasteiger partial charge in [-0.05, 0) is 175 Å². The van der Waals surface area contributed by atoms with E-state index in [-0.39, 0.29) is 11.8 Å². The summed E-state index contributed by atoms with van der Waals surface area (Å²) in [7, 11) is 1.68. The van der Waals surface area contributed by atoms with E-state index in [0.717, 1.165) is 178 Å². The predicted molar refractivity (Wildman–Crippen MR) is 324 cm³/mol. The minimum absolute atomic E-state index is 0.0107. The van der Waals surface area contributed by atoms with Crippen molar-refractivity contribution in [2.24, 2.45) is 29.6 Å². The molecule has 2 amide bonds. The van der Waals surface area contributed by atoms with Crippen molar-refractivity contribution < 1.29 is 19.1 Å². The summed E-state index contributed by atoms with van der Waals surface area (Å²) >= 11 is 3.81. The number of likely N-dealkylation sites (tertiary alicyclic amines) is 2. The van der Waals surface area contributed by atoms with Gasteiger partial charge in [0.05, 0.1) is 42.7 Å². The van der Waals surface area contributed by atoms with Gasteiger partial charge in [-0.2, -0.15) is 0 Å². The monoisotopic (exact) mass is 1140 g/mol. The van der Waals surface area contributed by atoms with Crippen molar-refractivity contribution in [2.45, 2.75) is 139 Å². The molecule has 2 saturated heterocycles. The molecule has 79 heavy (non-hydrogen) atoms. The van der Waals surface area contributed by atoms with Crippen LogP contribution in [-0.2, 0) is 13.1 Å². The number of pyridine rings is 2. The lowest BCUT2D eigenvalue weighted by molar-refractivity contribution is 0.0727. The number of nitrogens with zero attached hydrogens (tertiary/aromatic N) is 10. The summed E-state index contributed by atoms with van der Waals surface area (Å²) in [6, 6.07) is 18.3. The smallest absolute Gasteiger partial charge is 0.272 e. The normalized spacial score (nSPS) is 15.6. The summed E-state index contributed by atoms with van der Waals surface area (Å²) in [6.45, 7) is 28.9. The van der Waals surface area contributed by atoms with E-state index in [9.17, 15) is 9.59 Å². The van der Waals surface area contributed by atoms with Crippen LogP contribution in [0.1, 0.15) is 147 Å². The minimum Gasteiger partial charge on any atom is -0.497 e. The average molecular weight is 1140 g/mol. The Morgan fingerprint density at radius 1 is 0.620 bits per heavy atom. The number of fused-ring (bicyclic) bond motifs is 2. The summed E-state index contributed by atoms with van der Waals surface area (Å²) in [5.41, 5.74) is 6.27. The fourth-order valence-electron chi connectivity index (χ4n) is 11.1. The van der Waals surface area contributed by atoms with Crippen LogP contribution in [0.5, 0.6) is 11.5 Å². The first kappa shape index (κ1) is 59.7. The second kappa shape index (κ2) is 28.9. The Morgan fingerprint density at radius 2 is 1.13 bits per heavy atom. The molecule has 2 aromatic carbocycles. The van der Waals surface area contributed by atoms with Gasteiger partial charge in [0.2, 0.25) is 0 Å². The molecule has 0 spiro atoms. The van der Waals surface area contributed by atoms with Crippen LogP contribution in [0.25, 0.3) is 44.8 Å². The van der Waals surface area contributed by atoms with Gasteiger partial charge in [0.1, 0.15) is 45.6 Å². The quantitative estimate of drug-likeness (QED) is 0.0468. The van der Waals surface area contributed by atoms with E-state index in [1.54, 1.807) is 19.5 Å². The fourth-order valence-corrected chi connectivity index (χ4v) is 11.5. The topological polar surface area (TPSA) is 127 Å². The third kappa shape index (κ3) is 16.4. The van der Waals surface area contributed by atoms with Gasteiger partial charge in [-0.15, -0.1) is 0 Å². The van der Waals surface area contributed by atoms with Crippen LogP contribution in [0.15, 0.2) is 71.5 Å².